The van der Waals surface area contributed by atoms with Crippen molar-refractivity contribution in [1.82, 2.24) is 10.6 Å². The van der Waals surface area contributed by atoms with Gasteiger partial charge in [0.2, 0.25) is 17.7 Å². The van der Waals surface area contributed by atoms with E-state index in [0.29, 0.717) is 25.1 Å². The molecule has 3 amide bonds. The molecule has 0 bridgehead atoms. The van der Waals surface area contributed by atoms with Gasteiger partial charge in [-0.25, -0.2) is 0 Å². The number of benzene rings is 1. The fourth-order valence-electron chi connectivity index (χ4n) is 4.47. The maximum Gasteiger partial charge on any atom is 0.239 e. The molecule has 2 aliphatic rings. The van der Waals surface area contributed by atoms with Crippen LogP contribution in [-0.4, -0.2) is 30.8 Å². The van der Waals surface area contributed by atoms with Crippen LogP contribution in [0.25, 0.3) is 0 Å². The van der Waals surface area contributed by atoms with Crippen molar-refractivity contribution < 1.29 is 18.8 Å². The fraction of sp³-hybridized carbons (Fsp3) is 0.435. The monoisotopic (exact) mass is 409 g/mol. The lowest BCUT2D eigenvalue weighted by molar-refractivity contribution is -0.136. The van der Waals surface area contributed by atoms with Crippen molar-refractivity contribution in [2.24, 2.45) is 11.8 Å². The highest BCUT2D eigenvalue weighted by atomic mass is 16.3. The lowest BCUT2D eigenvalue weighted by atomic mass is 9.77. The number of hydrogen-bond acceptors (Lipinski definition) is 4. The molecule has 158 valence electrons. The minimum Gasteiger partial charge on any atom is -0.467 e. The van der Waals surface area contributed by atoms with Gasteiger partial charge in [-0.15, -0.1) is 0 Å². The molecule has 2 aromatic rings. The van der Waals surface area contributed by atoms with Crippen LogP contribution in [0.15, 0.2) is 47.1 Å². The first-order valence-corrected chi connectivity index (χ1v) is 10.6. The van der Waals surface area contributed by atoms with Crippen LogP contribution in [0.2, 0.25) is 0 Å². The van der Waals surface area contributed by atoms with Crippen LogP contribution < -0.4 is 15.5 Å². The molecule has 1 fully saturated rings. The van der Waals surface area contributed by atoms with Crippen molar-refractivity contribution in [1.29, 1.82) is 0 Å². The fourth-order valence-corrected chi connectivity index (χ4v) is 4.47. The molecule has 1 aliphatic heterocycles. The summed E-state index contributed by atoms with van der Waals surface area (Å²) in [5, 5.41) is 5.44. The summed E-state index contributed by atoms with van der Waals surface area (Å²) >= 11 is 0. The minimum absolute atomic E-state index is 0.0297. The van der Waals surface area contributed by atoms with Gasteiger partial charge in [0, 0.05) is 18.2 Å². The number of para-hydroxylation sites is 1. The molecule has 7 heteroatoms. The SMILES string of the molecule is O=C(CNC(=O)[C@@H]1CCCC[C@H]1C(=O)N1CCc2ccccc21)NCc1ccco1. The number of furan rings is 1. The van der Waals surface area contributed by atoms with Crippen LogP contribution in [0.1, 0.15) is 37.0 Å². The molecule has 0 radical (unpaired) electrons. The number of rotatable bonds is 6. The number of hydrogen-bond donors (Lipinski definition) is 2. The van der Waals surface area contributed by atoms with Gasteiger partial charge in [-0.3, -0.25) is 14.4 Å². The summed E-state index contributed by atoms with van der Waals surface area (Å²) < 4.78 is 5.17. The van der Waals surface area contributed by atoms with Gasteiger partial charge in [0.15, 0.2) is 0 Å². The van der Waals surface area contributed by atoms with Crippen LogP contribution in [0.3, 0.4) is 0 Å². The Morgan fingerprint density at radius 1 is 1.00 bits per heavy atom. The highest BCUT2D eigenvalue weighted by Crippen LogP contribution is 2.35. The van der Waals surface area contributed by atoms with Crippen molar-refractivity contribution >= 4 is 23.4 Å². The Morgan fingerprint density at radius 3 is 2.60 bits per heavy atom. The summed E-state index contributed by atoms with van der Waals surface area (Å²) in [5.41, 5.74) is 2.14. The predicted molar refractivity (Wildman–Crippen MR) is 112 cm³/mol. The predicted octanol–water partition coefficient (Wildman–Crippen LogP) is 2.41. The summed E-state index contributed by atoms with van der Waals surface area (Å²) in [6.07, 6.45) is 5.64. The molecule has 2 N–H and O–H groups in total. The van der Waals surface area contributed by atoms with Gasteiger partial charge in [-0.1, -0.05) is 31.0 Å². The summed E-state index contributed by atoms with van der Waals surface area (Å²) in [7, 11) is 0. The Hall–Kier alpha value is -3.09. The van der Waals surface area contributed by atoms with Crippen LogP contribution >= 0.6 is 0 Å². The molecule has 1 aromatic carbocycles. The zero-order valence-electron chi connectivity index (χ0n) is 16.9. The Bertz CT molecular complexity index is 909. The van der Waals surface area contributed by atoms with Crippen molar-refractivity contribution in [3.05, 3.63) is 54.0 Å². The largest absolute Gasteiger partial charge is 0.467 e. The van der Waals surface area contributed by atoms with E-state index in [-0.39, 0.29) is 36.7 Å². The van der Waals surface area contributed by atoms with Crippen molar-refractivity contribution in [3.63, 3.8) is 0 Å². The molecule has 1 aliphatic carbocycles. The zero-order chi connectivity index (χ0) is 20.9. The average molecular weight is 409 g/mol. The lowest BCUT2D eigenvalue weighted by Crippen LogP contribution is -2.47. The van der Waals surface area contributed by atoms with Crippen molar-refractivity contribution in [2.45, 2.75) is 38.6 Å². The first kappa shape index (κ1) is 20.2. The van der Waals surface area contributed by atoms with Gasteiger partial charge in [-0.05, 0) is 43.0 Å². The molecular formula is C23H27N3O4. The molecule has 0 unspecified atom stereocenters. The van der Waals surface area contributed by atoms with Gasteiger partial charge < -0.3 is 20.0 Å². The summed E-state index contributed by atoms with van der Waals surface area (Å²) in [5.74, 6) is -0.547. The van der Waals surface area contributed by atoms with Crippen LogP contribution in [0.4, 0.5) is 5.69 Å². The standard InChI is InChI=1S/C23H27N3O4/c27-21(24-14-17-7-5-13-30-17)15-25-22(28)18-8-2-3-9-19(18)23(29)26-12-11-16-6-1-4-10-20(16)26/h1,4-7,10,13,18-19H,2-3,8-9,11-12,14-15H2,(H,24,27)(H,25,28)/t18-,19-/m1/s1. The van der Waals surface area contributed by atoms with Crippen LogP contribution in [-0.2, 0) is 27.3 Å². The molecule has 30 heavy (non-hydrogen) atoms. The van der Waals surface area contributed by atoms with Gasteiger partial charge in [-0.2, -0.15) is 0 Å². The third-order valence-electron chi connectivity index (χ3n) is 6.04. The van der Waals surface area contributed by atoms with Gasteiger partial charge in [0.05, 0.1) is 25.3 Å². The van der Waals surface area contributed by atoms with E-state index in [4.69, 9.17) is 4.42 Å². The first-order chi connectivity index (χ1) is 14.6. The molecule has 2 heterocycles. The van der Waals surface area contributed by atoms with E-state index >= 15 is 0 Å². The summed E-state index contributed by atoms with van der Waals surface area (Å²) in [6, 6.07) is 11.5. The number of nitrogens with zero attached hydrogens (tertiary/aromatic N) is 1. The zero-order valence-corrected chi connectivity index (χ0v) is 16.9. The van der Waals surface area contributed by atoms with E-state index in [9.17, 15) is 14.4 Å². The number of carbonyl (C=O) groups excluding carboxylic acids is 3. The minimum atomic E-state index is -0.392. The number of fused-ring (bicyclic) bond motifs is 1. The smallest absolute Gasteiger partial charge is 0.239 e. The molecule has 2 atom stereocenters. The Morgan fingerprint density at radius 2 is 1.80 bits per heavy atom. The van der Waals surface area contributed by atoms with E-state index in [1.807, 2.05) is 23.1 Å². The quantitative estimate of drug-likeness (QED) is 0.766. The Kier molecular flexibility index (Phi) is 6.16. The molecule has 1 aromatic heterocycles. The second-order valence-corrected chi connectivity index (χ2v) is 7.94. The summed E-state index contributed by atoms with van der Waals surface area (Å²) in [6.45, 7) is 0.836. The van der Waals surface area contributed by atoms with E-state index in [2.05, 4.69) is 16.7 Å². The highest BCUT2D eigenvalue weighted by molar-refractivity contribution is 6.00. The van der Waals surface area contributed by atoms with E-state index < -0.39 is 5.92 Å². The average Bonchev–Trinajstić information content (AvgIpc) is 3.45. The number of carbonyl (C=O) groups is 3. The second kappa shape index (κ2) is 9.15. The van der Waals surface area contributed by atoms with E-state index in [1.165, 1.54) is 5.56 Å². The second-order valence-electron chi connectivity index (χ2n) is 7.94. The third kappa shape index (κ3) is 4.40. The molecule has 1 saturated carbocycles. The number of amides is 3. The number of nitrogens with one attached hydrogen (secondary N) is 2. The summed E-state index contributed by atoms with van der Waals surface area (Å²) in [4.78, 5) is 40.0. The topological polar surface area (TPSA) is 91.7 Å². The molecular weight excluding hydrogens is 382 g/mol. The third-order valence-corrected chi connectivity index (χ3v) is 6.04. The maximum absolute atomic E-state index is 13.3. The molecule has 0 spiro atoms. The molecule has 4 rings (SSSR count). The van der Waals surface area contributed by atoms with Gasteiger partial charge in [0.25, 0.3) is 0 Å². The van der Waals surface area contributed by atoms with Crippen molar-refractivity contribution in [2.75, 3.05) is 18.0 Å². The van der Waals surface area contributed by atoms with Gasteiger partial charge in [0.1, 0.15) is 5.76 Å². The Labute approximate surface area is 175 Å². The van der Waals surface area contributed by atoms with Crippen LogP contribution in [0.5, 0.6) is 0 Å². The van der Waals surface area contributed by atoms with E-state index in [0.717, 1.165) is 24.9 Å². The number of anilines is 1. The molecule has 0 saturated heterocycles. The van der Waals surface area contributed by atoms with Gasteiger partial charge >= 0.3 is 0 Å². The normalized spacial score (nSPS) is 20.5. The van der Waals surface area contributed by atoms with Crippen molar-refractivity contribution in [3.8, 4) is 0 Å². The first-order valence-electron chi connectivity index (χ1n) is 10.6. The van der Waals surface area contributed by atoms with E-state index in [1.54, 1.807) is 18.4 Å². The molecule has 7 nitrogen and oxygen atoms in total. The van der Waals surface area contributed by atoms with Crippen LogP contribution in [0, 0.1) is 11.8 Å². The Balaban J connectivity index is 1.34. The highest BCUT2D eigenvalue weighted by Gasteiger charge is 2.39. The lowest BCUT2D eigenvalue weighted by Gasteiger charge is -2.32. The maximum atomic E-state index is 13.3.